The van der Waals surface area contributed by atoms with Crippen molar-refractivity contribution in [2.24, 2.45) is 0 Å². The van der Waals surface area contributed by atoms with Gasteiger partial charge >= 0.3 is 0 Å². The lowest BCUT2D eigenvalue weighted by atomic mass is 10.0. The molecule has 0 radical (unpaired) electrons. The molecular weight excluding hydrogens is 183 g/mol. The van der Waals surface area contributed by atoms with Gasteiger partial charge in [0.2, 0.25) is 0 Å². The molecule has 0 bridgehead atoms. The van der Waals surface area contributed by atoms with Crippen LogP contribution >= 0.6 is 0 Å². The van der Waals surface area contributed by atoms with E-state index < -0.39 is 5.60 Å². The smallest absolute Gasteiger partial charge is 0.134 e. The molecule has 0 atom stereocenters. The normalized spacial score (nSPS) is 18.2. The second-order valence-electron chi connectivity index (χ2n) is 3.74. The fraction of sp³-hybridized carbons (Fsp3) is 0.455. The lowest BCUT2D eigenvalue weighted by molar-refractivity contribution is 0.144. The van der Waals surface area contributed by atoms with E-state index in [1.165, 1.54) is 7.11 Å². The summed E-state index contributed by atoms with van der Waals surface area (Å²) in [6.45, 7) is 0.246. The Hall–Kier alpha value is -0.930. The largest absolute Gasteiger partial charge is 0.385 e. The van der Waals surface area contributed by atoms with E-state index in [1.54, 1.807) is 18.2 Å². The first-order valence-corrected chi connectivity index (χ1v) is 4.66. The van der Waals surface area contributed by atoms with Gasteiger partial charge in [0.1, 0.15) is 5.82 Å². The molecule has 0 spiro atoms. The van der Waals surface area contributed by atoms with Crippen LogP contribution < -0.4 is 0 Å². The van der Waals surface area contributed by atoms with Crippen molar-refractivity contribution in [3.8, 4) is 0 Å². The molecule has 14 heavy (non-hydrogen) atoms. The third-order valence-electron chi connectivity index (χ3n) is 2.60. The van der Waals surface area contributed by atoms with E-state index in [1.807, 2.05) is 0 Å². The summed E-state index contributed by atoms with van der Waals surface area (Å²) in [6, 6.07) is 5.07. The van der Waals surface area contributed by atoms with E-state index >= 15 is 0 Å². The monoisotopic (exact) mass is 196 g/mol. The van der Waals surface area contributed by atoms with E-state index in [0.717, 1.165) is 0 Å². The van der Waals surface area contributed by atoms with Crippen molar-refractivity contribution in [1.82, 2.24) is 0 Å². The molecule has 1 fully saturated rings. The lowest BCUT2D eigenvalue weighted by Gasteiger charge is -2.11. The highest BCUT2D eigenvalue weighted by atomic mass is 19.1. The number of halogens is 1. The molecule has 1 aromatic rings. The van der Waals surface area contributed by atoms with Gasteiger partial charge in [-0.3, -0.25) is 0 Å². The first kappa shape index (κ1) is 9.62. The van der Waals surface area contributed by atoms with Crippen molar-refractivity contribution in [1.29, 1.82) is 0 Å². The highest BCUT2D eigenvalue weighted by Crippen LogP contribution is 2.46. The Balaban J connectivity index is 2.37. The first-order valence-electron chi connectivity index (χ1n) is 4.66. The zero-order chi connectivity index (χ0) is 10.2. The lowest BCUT2D eigenvalue weighted by Crippen LogP contribution is -2.09. The number of hydrogen-bond donors (Lipinski definition) is 1. The van der Waals surface area contributed by atoms with Crippen LogP contribution in [0.5, 0.6) is 0 Å². The Morgan fingerprint density at radius 1 is 1.50 bits per heavy atom. The zero-order valence-corrected chi connectivity index (χ0v) is 8.09. The van der Waals surface area contributed by atoms with Gasteiger partial charge in [-0.1, -0.05) is 18.2 Å². The van der Waals surface area contributed by atoms with Crippen LogP contribution in [0.2, 0.25) is 0 Å². The molecule has 2 rings (SSSR count). The van der Waals surface area contributed by atoms with Gasteiger partial charge in [0.25, 0.3) is 0 Å². The van der Waals surface area contributed by atoms with Gasteiger partial charge in [0.15, 0.2) is 0 Å². The minimum atomic E-state index is -0.909. The Kier molecular flexibility index (Phi) is 2.29. The average molecular weight is 196 g/mol. The molecule has 0 heterocycles. The first-order chi connectivity index (χ1) is 6.67. The van der Waals surface area contributed by atoms with Crippen LogP contribution in [0.15, 0.2) is 18.2 Å². The van der Waals surface area contributed by atoms with Crippen LogP contribution in [0.3, 0.4) is 0 Å². The SMILES string of the molecule is COCc1cccc(C2(O)CC2)c1F. The van der Waals surface area contributed by atoms with E-state index in [-0.39, 0.29) is 12.4 Å². The van der Waals surface area contributed by atoms with Crippen molar-refractivity contribution in [2.75, 3.05) is 7.11 Å². The third kappa shape index (κ3) is 1.53. The second kappa shape index (κ2) is 3.33. The van der Waals surface area contributed by atoms with Gasteiger partial charge in [0.05, 0.1) is 12.2 Å². The maximum Gasteiger partial charge on any atom is 0.134 e. The maximum absolute atomic E-state index is 13.8. The molecule has 1 aliphatic rings. The van der Waals surface area contributed by atoms with Crippen LogP contribution in [-0.2, 0) is 16.9 Å². The summed E-state index contributed by atoms with van der Waals surface area (Å²) >= 11 is 0. The number of aliphatic hydroxyl groups is 1. The van der Waals surface area contributed by atoms with Crippen LogP contribution in [0.1, 0.15) is 24.0 Å². The van der Waals surface area contributed by atoms with E-state index in [4.69, 9.17) is 4.74 Å². The van der Waals surface area contributed by atoms with Gasteiger partial charge in [-0.15, -0.1) is 0 Å². The summed E-state index contributed by atoms with van der Waals surface area (Å²) in [5, 5.41) is 9.79. The second-order valence-corrected chi connectivity index (χ2v) is 3.74. The Morgan fingerprint density at radius 2 is 2.21 bits per heavy atom. The molecule has 0 unspecified atom stereocenters. The summed E-state index contributed by atoms with van der Waals surface area (Å²) in [6.07, 6.45) is 1.31. The van der Waals surface area contributed by atoms with Gasteiger partial charge in [-0.2, -0.15) is 0 Å². The highest BCUT2D eigenvalue weighted by molar-refractivity contribution is 5.33. The third-order valence-corrected chi connectivity index (χ3v) is 2.60. The minimum Gasteiger partial charge on any atom is -0.385 e. The van der Waals surface area contributed by atoms with Crippen LogP contribution in [-0.4, -0.2) is 12.2 Å². The molecule has 1 N–H and O–H groups in total. The molecule has 0 aromatic heterocycles. The number of methoxy groups -OCH3 is 1. The van der Waals surface area contributed by atoms with Crippen molar-refractivity contribution < 1.29 is 14.2 Å². The van der Waals surface area contributed by atoms with Crippen molar-refractivity contribution in [3.63, 3.8) is 0 Å². The number of rotatable bonds is 3. The molecule has 0 saturated heterocycles. The molecular formula is C11H13FO2. The van der Waals surface area contributed by atoms with E-state index in [0.29, 0.717) is 24.0 Å². The predicted molar refractivity (Wildman–Crippen MR) is 50.2 cm³/mol. The molecule has 76 valence electrons. The minimum absolute atomic E-state index is 0.246. The number of benzene rings is 1. The maximum atomic E-state index is 13.8. The molecule has 3 heteroatoms. The summed E-state index contributed by atoms with van der Waals surface area (Å²) in [5.41, 5.74) is 0.00534. The summed E-state index contributed by atoms with van der Waals surface area (Å²) < 4.78 is 18.6. The van der Waals surface area contributed by atoms with Crippen molar-refractivity contribution >= 4 is 0 Å². The predicted octanol–water partition coefficient (Wildman–Crippen LogP) is 1.95. The van der Waals surface area contributed by atoms with Gasteiger partial charge in [-0.25, -0.2) is 4.39 Å². The quantitative estimate of drug-likeness (QED) is 0.800. The molecule has 2 nitrogen and oxygen atoms in total. The average Bonchev–Trinajstić information content (AvgIpc) is 2.89. The standard InChI is InChI=1S/C11H13FO2/c1-14-7-8-3-2-4-9(10(8)12)11(13)5-6-11/h2-4,13H,5-7H2,1H3. The fourth-order valence-electron chi connectivity index (χ4n) is 1.59. The van der Waals surface area contributed by atoms with Gasteiger partial charge < -0.3 is 9.84 Å². The Morgan fingerprint density at radius 3 is 2.79 bits per heavy atom. The van der Waals surface area contributed by atoms with Crippen molar-refractivity contribution in [3.05, 3.63) is 35.1 Å². The molecule has 1 aliphatic carbocycles. The Bertz CT molecular complexity index is 345. The Labute approximate surface area is 82.3 Å². The van der Waals surface area contributed by atoms with Crippen LogP contribution in [0.4, 0.5) is 4.39 Å². The van der Waals surface area contributed by atoms with E-state index in [9.17, 15) is 9.50 Å². The van der Waals surface area contributed by atoms with E-state index in [2.05, 4.69) is 0 Å². The molecule has 0 amide bonds. The number of ether oxygens (including phenoxy) is 1. The van der Waals surface area contributed by atoms with Gasteiger partial charge in [0, 0.05) is 18.2 Å². The van der Waals surface area contributed by atoms with Gasteiger partial charge in [-0.05, 0) is 12.8 Å². The zero-order valence-electron chi connectivity index (χ0n) is 8.09. The van der Waals surface area contributed by atoms with Crippen LogP contribution in [0, 0.1) is 5.82 Å². The van der Waals surface area contributed by atoms with Crippen molar-refractivity contribution in [2.45, 2.75) is 25.0 Å². The fourth-order valence-corrected chi connectivity index (χ4v) is 1.59. The van der Waals surface area contributed by atoms with Crippen LogP contribution in [0.25, 0.3) is 0 Å². The summed E-state index contributed by atoms with van der Waals surface area (Å²) in [7, 11) is 1.53. The summed E-state index contributed by atoms with van der Waals surface area (Å²) in [4.78, 5) is 0. The molecule has 1 saturated carbocycles. The highest BCUT2D eigenvalue weighted by Gasteiger charge is 2.44. The molecule has 1 aromatic carbocycles. The summed E-state index contributed by atoms with van der Waals surface area (Å²) in [5.74, 6) is -0.325. The topological polar surface area (TPSA) is 29.5 Å². The molecule has 0 aliphatic heterocycles. The number of hydrogen-bond acceptors (Lipinski definition) is 2.